The van der Waals surface area contributed by atoms with Gasteiger partial charge in [-0.2, -0.15) is 0 Å². The van der Waals surface area contributed by atoms with Gasteiger partial charge in [-0.15, -0.1) is 0 Å². The molecule has 2 aromatic heterocycles. The lowest BCUT2D eigenvalue weighted by Crippen LogP contribution is -2.57. The van der Waals surface area contributed by atoms with Crippen LogP contribution in [0.25, 0.3) is 0 Å². The average Bonchev–Trinajstić information content (AvgIpc) is 3.63. The van der Waals surface area contributed by atoms with E-state index in [9.17, 15) is 24.0 Å². The van der Waals surface area contributed by atoms with Crippen LogP contribution in [0.1, 0.15) is 72.4 Å². The van der Waals surface area contributed by atoms with Crippen LogP contribution in [-0.4, -0.2) is 76.0 Å². The average molecular weight is 650 g/mol. The van der Waals surface area contributed by atoms with Crippen LogP contribution in [0.15, 0.2) is 45.4 Å². The van der Waals surface area contributed by atoms with E-state index in [1.807, 2.05) is 51.1 Å². The first-order valence-electron chi connectivity index (χ1n) is 15.8. The molecule has 3 aromatic rings. The molecule has 0 spiro atoms. The molecule has 1 aliphatic rings. The summed E-state index contributed by atoms with van der Waals surface area (Å²) in [4.78, 5) is 68.2. The quantitative estimate of drug-likeness (QED) is 0.296. The topological polar surface area (TPSA) is 189 Å². The molecule has 1 aliphatic heterocycles. The minimum absolute atomic E-state index is 0.0202. The second kappa shape index (κ2) is 16.0. The Balaban J connectivity index is 1.60. The van der Waals surface area contributed by atoms with Crippen molar-refractivity contribution in [2.75, 3.05) is 13.1 Å². The minimum atomic E-state index is -1.02. The zero-order valence-electron chi connectivity index (χ0n) is 27.4. The Hall–Kier alpha value is -5.01. The number of carbonyl (C=O) groups is 5. The lowest BCUT2D eigenvalue weighted by atomic mass is 10.0. The van der Waals surface area contributed by atoms with Gasteiger partial charge in [0.15, 0.2) is 11.5 Å². The summed E-state index contributed by atoms with van der Waals surface area (Å²) in [6, 6.07) is 7.71. The number of benzene rings is 1. The molecule has 252 valence electrons. The first-order chi connectivity index (χ1) is 22.4. The van der Waals surface area contributed by atoms with Crippen molar-refractivity contribution in [1.29, 1.82) is 0 Å². The van der Waals surface area contributed by atoms with Crippen molar-refractivity contribution in [3.8, 4) is 0 Å². The number of carbonyl (C=O) groups excluding carboxylic acids is 5. The summed E-state index contributed by atoms with van der Waals surface area (Å²) in [7, 11) is 0. The summed E-state index contributed by atoms with van der Waals surface area (Å²) in [5.74, 6) is -1.52. The van der Waals surface area contributed by atoms with Crippen molar-refractivity contribution >= 4 is 29.5 Å². The van der Waals surface area contributed by atoms with Gasteiger partial charge in [0.2, 0.25) is 23.6 Å². The van der Waals surface area contributed by atoms with E-state index >= 15 is 0 Å². The van der Waals surface area contributed by atoms with Gasteiger partial charge in [0.25, 0.3) is 5.91 Å². The second-order valence-corrected chi connectivity index (χ2v) is 12.2. The molecule has 3 heterocycles. The van der Waals surface area contributed by atoms with E-state index in [0.29, 0.717) is 24.3 Å². The van der Waals surface area contributed by atoms with Crippen LogP contribution >= 0.6 is 0 Å². The number of aromatic nitrogens is 2. The largest absolute Gasteiger partial charge is 0.361 e. The summed E-state index contributed by atoms with van der Waals surface area (Å²) in [5, 5.41) is 18.8. The highest BCUT2D eigenvalue weighted by Crippen LogP contribution is 2.16. The monoisotopic (exact) mass is 649 g/mol. The Morgan fingerprint density at radius 2 is 1.68 bits per heavy atom. The van der Waals surface area contributed by atoms with Crippen LogP contribution in [-0.2, 0) is 38.6 Å². The normalized spacial score (nSPS) is 20.1. The van der Waals surface area contributed by atoms with E-state index in [1.165, 1.54) is 17.9 Å². The van der Waals surface area contributed by atoms with Gasteiger partial charge in [-0.25, -0.2) is 0 Å². The lowest BCUT2D eigenvalue weighted by molar-refractivity contribution is -0.133. The Bertz CT molecular complexity index is 1550. The van der Waals surface area contributed by atoms with E-state index in [1.54, 1.807) is 6.92 Å². The number of hydrogen-bond donors (Lipinski definition) is 4. The first kappa shape index (κ1) is 34.9. The summed E-state index contributed by atoms with van der Waals surface area (Å²) in [6.45, 7) is 9.07. The number of amides is 5. The van der Waals surface area contributed by atoms with Gasteiger partial charge in [-0.1, -0.05) is 54.5 Å². The lowest BCUT2D eigenvalue weighted by Gasteiger charge is -2.26. The Morgan fingerprint density at radius 3 is 2.36 bits per heavy atom. The second-order valence-electron chi connectivity index (χ2n) is 12.2. The van der Waals surface area contributed by atoms with Crippen LogP contribution in [0.4, 0.5) is 0 Å². The smallest absolute Gasteiger partial charge is 0.274 e. The Morgan fingerprint density at radius 1 is 0.957 bits per heavy atom. The standard InChI is InChI=1S/C33H43N7O7/c1-19(2)15-26-32(44)37-27(16-23-9-7-6-8-10-23)31(43)34-13-14-40(29(41)12-11-25-20(3)38-46-22(25)5)18-24-17-28(39-47-24)33(45)35-21(4)30(42)36-26/h6-10,17,19,21,26-27H,11-16,18H2,1-5H3,(H,34,43)(H,35,45)(H,36,42)(H,37,44)/t21-,26-,27-/m1/s1. The van der Waals surface area contributed by atoms with Crippen molar-refractivity contribution in [3.63, 3.8) is 0 Å². The number of hydrogen-bond acceptors (Lipinski definition) is 9. The maximum Gasteiger partial charge on any atom is 0.274 e. The Labute approximate surface area is 273 Å². The molecule has 47 heavy (non-hydrogen) atoms. The van der Waals surface area contributed by atoms with Gasteiger partial charge in [0, 0.05) is 37.6 Å². The van der Waals surface area contributed by atoms with Crippen molar-refractivity contribution in [2.24, 2.45) is 5.92 Å². The van der Waals surface area contributed by atoms with Crippen molar-refractivity contribution in [2.45, 2.75) is 85.0 Å². The fourth-order valence-corrected chi connectivity index (χ4v) is 5.33. The van der Waals surface area contributed by atoms with E-state index in [0.717, 1.165) is 11.1 Å². The molecular formula is C33H43N7O7. The molecule has 0 radical (unpaired) electrons. The summed E-state index contributed by atoms with van der Waals surface area (Å²) < 4.78 is 10.6. The number of nitrogens with zero attached hydrogens (tertiary/aromatic N) is 3. The van der Waals surface area contributed by atoms with Crippen LogP contribution in [0.5, 0.6) is 0 Å². The summed E-state index contributed by atoms with van der Waals surface area (Å²) in [5.41, 5.74) is 2.31. The fourth-order valence-electron chi connectivity index (χ4n) is 5.33. The van der Waals surface area contributed by atoms with E-state index in [2.05, 4.69) is 31.6 Å². The fraction of sp³-hybridized carbons (Fsp3) is 0.485. The molecule has 0 unspecified atom stereocenters. The molecule has 0 saturated carbocycles. The third-order valence-corrected chi connectivity index (χ3v) is 7.94. The van der Waals surface area contributed by atoms with Crippen LogP contribution in [0.2, 0.25) is 0 Å². The number of fused-ring (bicyclic) bond motifs is 2. The number of aryl methyl sites for hydroxylation is 2. The molecule has 1 aromatic carbocycles. The molecule has 5 amide bonds. The first-order valence-corrected chi connectivity index (χ1v) is 15.8. The van der Waals surface area contributed by atoms with Gasteiger partial charge in [-0.05, 0) is 45.1 Å². The maximum absolute atomic E-state index is 13.6. The van der Waals surface area contributed by atoms with Crippen molar-refractivity contribution in [3.05, 3.63) is 70.4 Å². The van der Waals surface area contributed by atoms with Gasteiger partial charge in [0.05, 0.1) is 12.2 Å². The third kappa shape index (κ3) is 9.74. The predicted octanol–water partition coefficient (Wildman–Crippen LogP) is 1.75. The number of rotatable bonds is 7. The van der Waals surface area contributed by atoms with Gasteiger partial charge in [0.1, 0.15) is 23.9 Å². The minimum Gasteiger partial charge on any atom is -0.361 e. The van der Waals surface area contributed by atoms with Gasteiger partial charge in [-0.3, -0.25) is 24.0 Å². The molecule has 2 bridgehead atoms. The summed E-state index contributed by atoms with van der Waals surface area (Å²) in [6.07, 6.45) is 1.04. The maximum atomic E-state index is 13.6. The highest BCUT2D eigenvalue weighted by molar-refractivity contribution is 5.97. The van der Waals surface area contributed by atoms with Crippen molar-refractivity contribution < 1.29 is 33.0 Å². The molecule has 0 fully saturated rings. The zero-order chi connectivity index (χ0) is 34.1. The molecular weight excluding hydrogens is 606 g/mol. The zero-order valence-corrected chi connectivity index (χ0v) is 27.4. The highest BCUT2D eigenvalue weighted by Gasteiger charge is 2.30. The Kier molecular flexibility index (Phi) is 11.9. The molecule has 0 aliphatic carbocycles. The van der Waals surface area contributed by atoms with E-state index < -0.39 is 41.8 Å². The molecule has 4 rings (SSSR count). The van der Waals surface area contributed by atoms with E-state index in [4.69, 9.17) is 9.05 Å². The number of nitrogens with one attached hydrogen (secondary N) is 4. The molecule has 3 atom stereocenters. The highest BCUT2D eigenvalue weighted by atomic mass is 16.5. The van der Waals surface area contributed by atoms with E-state index in [-0.39, 0.29) is 55.8 Å². The predicted molar refractivity (Wildman–Crippen MR) is 170 cm³/mol. The van der Waals surface area contributed by atoms with Gasteiger partial charge >= 0.3 is 0 Å². The molecule has 0 saturated heterocycles. The third-order valence-electron chi connectivity index (χ3n) is 7.94. The molecule has 14 heteroatoms. The van der Waals surface area contributed by atoms with Gasteiger partial charge < -0.3 is 35.2 Å². The summed E-state index contributed by atoms with van der Waals surface area (Å²) >= 11 is 0. The van der Waals surface area contributed by atoms with Crippen LogP contribution in [0, 0.1) is 19.8 Å². The molecule has 14 nitrogen and oxygen atoms in total. The molecule has 4 N–H and O–H groups in total. The van der Waals surface area contributed by atoms with Crippen molar-refractivity contribution in [1.82, 2.24) is 36.5 Å². The van der Waals surface area contributed by atoms with Crippen LogP contribution < -0.4 is 21.3 Å². The SMILES string of the molecule is Cc1noc(C)c1CCC(=O)N1CCNC(=O)[C@@H](Cc2ccccc2)NC(=O)[C@@H](CC(C)C)NC(=O)[C@@H](C)NC(=O)c2cc(on2)C1. The van der Waals surface area contributed by atoms with Crippen LogP contribution in [0.3, 0.4) is 0 Å².